The zero-order valence-corrected chi connectivity index (χ0v) is 11.3. The number of halogens is 1. The van der Waals surface area contributed by atoms with Crippen molar-refractivity contribution in [1.82, 2.24) is 5.32 Å². The summed E-state index contributed by atoms with van der Waals surface area (Å²) in [4.78, 5) is 10.0. The quantitative estimate of drug-likeness (QED) is 0.495. The Labute approximate surface area is 117 Å². The third-order valence-electron chi connectivity index (χ3n) is 3.49. The van der Waals surface area contributed by atoms with E-state index in [0.29, 0.717) is 18.1 Å². The number of ether oxygens (including phenoxy) is 1. The molecule has 1 aliphatic rings. The second-order valence-electron chi connectivity index (χ2n) is 5.13. The van der Waals surface area contributed by atoms with Crippen LogP contribution in [0.2, 0.25) is 0 Å². The lowest BCUT2D eigenvalue weighted by atomic mass is 9.97. The summed E-state index contributed by atoms with van der Waals surface area (Å²) < 4.78 is 18.7. The Morgan fingerprint density at radius 3 is 3.00 bits per heavy atom. The number of nitrogens with one attached hydrogen (secondary N) is 1. The molecule has 0 aromatic heterocycles. The fourth-order valence-electron chi connectivity index (χ4n) is 2.43. The number of nitrogens with zero attached hydrogens (tertiary/aromatic N) is 1. The number of rotatable bonds is 6. The first-order valence-electron chi connectivity index (χ1n) is 6.87. The second-order valence-corrected chi connectivity index (χ2v) is 5.13. The number of non-ortho nitro benzene ring substituents is 1. The second kappa shape index (κ2) is 7.31. The molecule has 0 radical (unpaired) electrons. The molecule has 1 heterocycles. The van der Waals surface area contributed by atoms with Crippen LogP contribution in [0.3, 0.4) is 0 Å². The number of benzene rings is 1. The van der Waals surface area contributed by atoms with Gasteiger partial charge in [0.1, 0.15) is 5.82 Å². The Kier molecular flexibility index (Phi) is 5.43. The molecule has 110 valence electrons. The van der Waals surface area contributed by atoms with Gasteiger partial charge in [-0.25, -0.2) is 4.39 Å². The van der Waals surface area contributed by atoms with Crippen molar-refractivity contribution >= 4 is 5.69 Å². The van der Waals surface area contributed by atoms with E-state index in [1.807, 2.05) is 0 Å². The number of hydrogen-bond donors (Lipinski definition) is 1. The molecule has 1 N–H and O–H groups in total. The molecule has 1 fully saturated rings. The van der Waals surface area contributed by atoms with Crippen LogP contribution < -0.4 is 5.32 Å². The molecule has 0 saturated carbocycles. The molecule has 1 atom stereocenters. The normalized spacial score (nSPS) is 18.9. The molecule has 1 saturated heterocycles. The molecular weight excluding hydrogens is 263 g/mol. The van der Waals surface area contributed by atoms with Gasteiger partial charge in [-0.15, -0.1) is 0 Å². The van der Waals surface area contributed by atoms with Crippen molar-refractivity contribution in [3.8, 4) is 0 Å². The van der Waals surface area contributed by atoms with Crippen LogP contribution in [0.4, 0.5) is 10.1 Å². The van der Waals surface area contributed by atoms with Crippen LogP contribution in [0.25, 0.3) is 0 Å². The maximum Gasteiger partial charge on any atom is 0.272 e. The highest BCUT2D eigenvalue weighted by molar-refractivity contribution is 5.34. The lowest BCUT2D eigenvalue weighted by Crippen LogP contribution is -2.30. The van der Waals surface area contributed by atoms with Crippen LogP contribution >= 0.6 is 0 Å². The lowest BCUT2D eigenvalue weighted by Gasteiger charge is -2.22. The van der Waals surface area contributed by atoms with Crippen molar-refractivity contribution in [1.29, 1.82) is 0 Å². The lowest BCUT2D eigenvalue weighted by molar-refractivity contribution is -0.385. The van der Waals surface area contributed by atoms with Crippen LogP contribution in [0.15, 0.2) is 18.2 Å². The van der Waals surface area contributed by atoms with Crippen LogP contribution in [0.1, 0.15) is 24.8 Å². The van der Waals surface area contributed by atoms with Crippen molar-refractivity contribution in [2.24, 2.45) is 5.92 Å². The van der Waals surface area contributed by atoms with Crippen molar-refractivity contribution in [3.63, 3.8) is 0 Å². The van der Waals surface area contributed by atoms with E-state index in [1.165, 1.54) is 25.0 Å². The highest BCUT2D eigenvalue weighted by atomic mass is 19.1. The Morgan fingerprint density at radius 2 is 2.30 bits per heavy atom. The Balaban J connectivity index is 1.77. The number of nitro benzene ring substituents is 1. The summed E-state index contributed by atoms with van der Waals surface area (Å²) in [7, 11) is 0. The van der Waals surface area contributed by atoms with Crippen molar-refractivity contribution < 1.29 is 14.1 Å². The fraction of sp³-hybridized carbons (Fsp3) is 0.571. The number of piperidine rings is 1. The minimum atomic E-state index is -0.603. The molecule has 0 bridgehead atoms. The molecule has 6 heteroatoms. The average molecular weight is 282 g/mol. The van der Waals surface area contributed by atoms with E-state index in [-0.39, 0.29) is 12.3 Å². The van der Waals surface area contributed by atoms with E-state index in [2.05, 4.69) is 5.32 Å². The summed E-state index contributed by atoms with van der Waals surface area (Å²) in [6.45, 7) is 2.91. The third-order valence-corrected chi connectivity index (χ3v) is 3.49. The van der Waals surface area contributed by atoms with E-state index < -0.39 is 10.7 Å². The standard InChI is InChI=1S/C14H19FN2O3/c15-13-6-12(7-14(8-13)17(18)19)10-20-5-3-11-2-1-4-16-9-11/h6-8,11,16H,1-5,9-10H2. The monoisotopic (exact) mass is 282 g/mol. The van der Waals surface area contributed by atoms with Gasteiger partial charge >= 0.3 is 0 Å². The van der Waals surface area contributed by atoms with Gasteiger partial charge in [0.2, 0.25) is 0 Å². The van der Waals surface area contributed by atoms with Gasteiger partial charge < -0.3 is 10.1 Å². The summed E-state index contributed by atoms with van der Waals surface area (Å²) in [6, 6.07) is 3.54. The predicted molar refractivity (Wildman–Crippen MR) is 72.9 cm³/mol. The number of hydrogen-bond acceptors (Lipinski definition) is 4. The van der Waals surface area contributed by atoms with Crippen molar-refractivity contribution in [2.75, 3.05) is 19.7 Å². The van der Waals surface area contributed by atoms with Gasteiger partial charge in [-0.05, 0) is 49.9 Å². The molecule has 1 aliphatic heterocycles. The summed E-state index contributed by atoms with van der Waals surface area (Å²) in [6.07, 6.45) is 3.37. The first-order valence-corrected chi connectivity index (χ1v) is 6.87. The topological polar surface area (TPSA) is 64.4 Å². The first kappa shape index (κ1) is 14.9. The summed E-state index contributed by atoms with van der Waals surface area (Å²) in [5, 5.41) is 14.0. The maximum atomic E-state index is 13.2. The predicted octanol–water partition coefficient (Wildman–Crippen LogP) is 2.64. The van der Waals surface area contributed by atoms with Gasteiger partial charge in [0.05, 0.1) is 17.6 Å². The van der Waals surface area contributed by atoms with Crippen molar-refractivity contribution in [2.45, 2.75) is 25.9 Å². The van der Waals surface area contributed by atoms with E-state index in [0.717, 1.165) is 25.6 Å². The summed E-state index contributed by atoms with van der Waals surface area (Å²) in [5.41, 5.74) is 0.263. The smallest absolute Gasteiger partial charge is 0.272 e. The molecule has 5 nitrogen and oxygen atoms in total. The van der Waals surface area contributed by atoms with Gasteiger partial charge in [-0.1, -0.05) is 0 Å². The van der Waals surface area contributed by atoms with Crippen LogP contribution in [0, 0.1) is 21.8 Å². The third kappa shape index (κ3) is 4.54. The summed E-state index contributed by atoms with van der Waals surface area (Å²) in [5.74, 6) is 0.0277. The number of nitro groups is 1. The molecule has 0 aliphatic carbocycles. The highest BCUT2D eigenvalue weighted by Gasteiger charge is 2.13. The molecule has 0 spiro atoms. The van der Waals surface area contributed by atoms with Gasteiger partial charge in [-0.2, -0.15) is 0 Å². The van der Waals surface area contributed by atoms with Crippen molar-refractivity contribution in [3.05, 3.63) is 39.7 Å². The van der Waals surface area contributed by atoms with Gasteiger partial charge in [0.15, 0.2) is 0 Å². The average Bonchev–Trinajstić information content (AvgIpc) is 2.44. The highest BCUT2D eigenvalue weighted by Crippen LogP contribution is 2.18. The van der Waals surface area contributed by atoms with E-state index >= 15 is 0 Å². The molecular formula is C14H19FN2O3. The summed E-state index contributed by atoms with van der Waals surface area (Å²) >= 11 is 0. The maximum absolute atomic E-state index is 13.2. The molecule has 0 amide bonds. The Bertz CT molecular complexity index is 462. The minimum Gasteiger partial charge on any atom is -0.377 e. The first-order chi connectivity index (χ1) is 9.65. The van der Waals surface area contributed by atoms with Gasteiger partial charge in [-0.3, -0.25) is 10.1 Å². The SMILES string of the molecule is O=[N+]([O-])c1cc(F)cc(COCCC2CCCNC2)c1. The van der Waals surface area contributed by atoms with E-state index in [1.54, 1.807) is 0 Å². The van der Waals surface area contributed by atoms with Crippen LogP contribution in [-0.4, -0.2) is 24.6 Å². The zero-order valence-electron chi connectivity index (χ0n) is 11.3. The Morgan fingerprint density at radius 1 is 1.45 bits per heavy atom. The van der Waals surface area contributed by atoms with E-state index in [4.69, 9.17) is 4.74 Å². The largest absolute Gasteiger partial charge is 0.377 e. The minimum absolute atomic E-state index is 0.207. The van der Waals surface area contributed by atoms with Crippen LogP contribution in [-0.2, 0) is 11.3 Å². The molecule has 1 aromatic carbocycles. The fourth-order valence-corrected chi connectivity index (χ4v) is 2.43. The molecule has 2 rings (SSSR count). The van der Waals surface area contributed by atoms with E-state index in [9.17, 15) is 14.5 Å². The molecule has 1 unspecified atom stereocenters. The van der Waals surface area contributed by atoms with Gasteiger partial charge in [0, 0.05) is 12.7 Å². The Hall–Kier alpha value is -1.53. The molecule has 20 heavy (non-hydrogen) atoms. The van der Waals surface area contributed by atoms with Crippen LogP contribution in [0.5, 0.6) is 0 Å². The zero-order chi connectivity index (χ0) is 14.4. The molecule has 1 aromatic rings. The van der Waals surface area contributed by atoms with Gasteiger partial charge in [0.25, 0.3) is 5.69 Å².